The Hall–Kier alpha value is 18.6. The lowest BCUT2D eigenvalue weighted by atomic mass is 12.0. The molecular weight excluding hydrogens is 1740 g/mol. The van der Waals surface area contributed by atoms with E-state index in [2.05, 4.69) is 11.7 Å². The minimum absolute atomic E-state index is 1.30. The summed E-state index contributed by atoms with van der Waals surface area (Å²) >= 11 is 14.5. The maximum absolute atomic E-state index is 5.23. The number of rotatable bonds is 50. The van der Waals surface area contributed by atoms with Crippen LogP contribution in [0.25, 0.3) is 0 Å². The molecule has 54 heteroatoms. The Bertz CT molecular complexity index is 764. The third kappa shape index (κ3) is 72.6. The molecule has 0 radical (unpaired) electrons. The summed E-state index contributed by atoms with van der Waals surface area (Å²) < 4.78 is 0. The standard InChI is InChI=1S/CH4S54/c1-55(3,4)54-53-52-51-50-49-48-47-46-45-44-43-42-41-40-39-38-37-36-35-34-33-32-31-30-29-28-27-26-25-24-23-22-21-20-19-18-17-16-15-14-13-12-11-10-9-8-7-6-5-2/h2H,1H3. The van der Waals surface area contributed by atoms with Gasteiger partial charge in [-0.15, -0.1) is 0 Å². The molecule has 0 saturated carbocycles. The van der Waals surface area contributed by atoms with Gasteiger partial charge in [0.15, 0.2) is 0 Å². The third-order valence-corrected chi connectivity index (χ3v) is 117. The highest BCUT2D eigenvalue weighted by Gasteiger charge is 2.05. The van der Waals surface area contributed by atoms with Crippen LogP contribution in [0.15, 0.2) is 0 Å². The van der Waals surface area contributed by atoms with Crippen molar-refractivity contribution in [1.82, 2.24) is 0 Å². The molecule has 0 heterocycles. The molecule has 0 amide bonds. The molecule has 0 nitrogen and oxygen atoms in total. The largest absolute Gasteiger partial charge is 0.0988 e. The van der Waals surface area contributed by atoms with E-state index >= 15 is 0 Å². The Balaban J connectivity index is 3.07. The van der Waals surface area contributed by atoms with Crippen molar-refractivity contribution in [2.75, 3.05) is 6.26 Å². The van der Waals surface area contributed by atoms with Gasteiger partial charge in [-0.25, -0.2) is 0 Å². The molecule has 0 unspecified atom stereocenters. The van der Waals surface area contributed by atoms with Crippen molar-refractivity contribution in [3.05, 3.63) is 0 Å². The lowest BCUT2D eigenvalue weighted by Crippen LogP contribution is -1.75. The molecule has 0 N–H and O–H groups in total. The van der Waals surface area contributed by atoms with Crippen LogP contribution in [0.2, 0.25) is 0 Å². The van der Waals surface area contributed by atoms with Gasteiger partial charge in [0.2, 0.25) is 0 Å². The average Bonchev–Trinajstić information content (AvgIpc) is 3.17. The summed E-state index contributed by atoms with van der Waals surface area (Å²) in [5.41, 5.74) is 0. The fourth-order valence-electron chi connectivity index (χ4n) is 0.596. The first-order valence-corrected chi connectivity index (χ1v) is 80.9. The molecular formula is CH4S54. The van der Waals surface area contributed by atoms with Gasteiger partial charge in [-0.3, -0.25) is 0 Å². The van der Waals surface area contributed by atoms with Crippen molar-refractivity contribution in [1.29, 1.82) is 0 Å². The van der Waals surface area contributed by atoms with Crippen LogP contribution in [0.5, 0.6) is 0 Å². The van der Waals surface area contributed by atoms with Gasteiger partial charge in [0.1, 0.15) is 0 Å². The zero-order valence-corrected chi connectivity index (χ0v) is 67.3. The fourth-order valence-corrected chi connectivity index (χ4v) is 140. The molecule has 55 heavy (non-hydrogen) atoms. The average molecular weight is 1750 g/mol. The Morgan fingerprint density at radius 1 is 0.218 bits per heavy atom. The summed E-state index contributed by atoms with van der Waals surface area (Å²) in [6, 6.07) is 0. The third-order valence-electron chi connectivity index (χ3n) is 1.49. The van der Waals surface area contributed by atoms with E-state index in [0.717, 1.165) is 0 Å². The number of hydrogen-bond acceptors (Lipinski definition) is 53. The Kier molecular flexibility index (Phi) is 89.6. The summed E-state index contributed by atoms with van der Waals surface area (Å²) in [6.07, 6.45) is 0.659. The molecule has 332 valence electrons. The van der Waals surface area contributed by atoms with Crippen LogP contribution in [0.1, 0.15) is 0 Å². The maximum atomic E-state index is 5.23. The lowest BCUT2D eigenvalue weighted by Gasteiger charge is -2.00. The van der Waals surface area contributed by atoms with Gasteiger partial charge in [0, 0.05) is 340 Å². The van der Waals surface area contributed by atoms with Crippen LogP contribution in [-0.2, 0) is 28.6 Å². The highest BCUT2D eigenvalue weighted by molar-refractivity contribution is 9.63. The first kappa shape index (κ1) is 73.6. The summed E-state index contributed by atoms with van der Waals surface area (Å²) in [7, 11) is 89.9. The van der Waals surface area contributed by atoms with E-state index in [0.29, 0.717) is 0 Å². The number of hydrogen-bond donors (Lipinski definition) is 1. The SMILES string of the molecule is CS(=S)(=S)SSSSSSSSSSSSSSSSSSSSSSSSSSSSSSSSSSSSSSSSSSSSSSSSSSS. The van der Waals surface area contributed by atoms with E-state index in [9.17, 15) is 0 Å². The van der Waals surface area contributed by atoms with Crippen molar-refractivity contribution >= 4 is 532 Å². The summed E-state index contributed by atoms with van der Waals surface area (Å²) in [5.74, 6) is 0. The fraction of sp³-hybridized carbons (Fsp3) is 1.00. The summed E-state index contributed by atoms with van der Waals surface area (Å²) in [6.45, 7) is 0. The molecule has 0 saturated heterocycles. The highest BCUT2D eigenvalue weighted by atomic mass is 34.1. The molecule has 0 atom stereocenters. The quantitative estimate of drug-likeness (QED) is 0.0349. The summed E-state index contributed by atoms with van der Waals surface area (Å²) in [5, 5.41) is 0. The van der Waals surface area contributed by atoms with E-state index in [1.807, 2.05) is 360 Å². The zero-order valence-electron chi connectivity index (χ0n) is 23.1. The molecule has 0 aromatic heterocycles. The van der Waals surface area contributed by atoms with Crippen LogP contribution in [-0.4, -0.2) is 6.26 Å². The number of thiol groups is 1. The topological polar surface area (TPSA) is 0 Å². The van der Waals surface area contributed by atoms with Crippen LogP contribution < -0.4 is 0 Å². The highest BCUT2D eigenvalue weighted by Crippen LogP contribution is 2.69. The van der Waals surface area contributed by atoms with Gasteiger partial charge >= 0.3 is 0 Å². The minimum atomic E-state index is -1.30. The van der Waals surface area contributed by atoms with Gasteiger partial charge in [-0.05, 0) is 186 Å². The van der Waals surface area contributed by atoms with Gasteiger partial charge in [0.05, 0.1) is 0 Å². The van der Waals surface area contributed by atoms with Gasteiger partial charge in [-0.1, -0.05) is 11.7 Å². The van der Waals surface area contributed by atoms with Gasteiger partial charge in [0.25, 0.3) is 0 Å². The van der Waals surface area contributed by atoms with Gasteiger partial charge in [-0.2, -0.15) is 0 Å². The molecule has 0 aliphatic carbocycles. The predicted molar refractivity (Wildman–Crippen MR) is 417 cm³/mol. The van der Waals surface area contributed by atoms with E-state index in [-0.39, 0.29) is 0 Å². The zero-order chi connectivity index (χ0) is 39.9. The smallest absolute Gasteiger partial charge is 0.000468 e. The Morgan fingerprint density at radius 3 is 0.436 bits per heavy atom. The molecule has 0 aliphatic heterocycles. The van der Waals surface area contributed by atoms with Crippen LogP contribution in [0.3, 0.4) is 0 Å². The second-order valence-corrected chi connectivity index (χ2v) is 102. The van der Waals surface area contributed by atoms with E-state index < -0.39 is 6.18 Å². The normalized spacial score (nSPS) is 12.0. The van der Waals surface area contributed by atoms with Crippen molar-refractivity contribution in [3.8, 4) is 0 Å². The monoisotopic (exact) mass is 1740 g/mol. The Labute approximate surface area is 523 Å². The molecule has 0 fully saturated rings. The molecule has 0 spiro atoms. The van der Waals surface area contributed by atoms with E-state index in [1.165, 1.54) is 9.83 Å². The molecule has 0 bridgehead atoms. The molecule has 0 rings (SSSR count). The second kappa shape index (κ2) is 66.9. The van der Waals surface area contributed by atoms with E-state index in [4.69, 9.17) is 22.4 Å². The van der Waals surface area contributed by atoms with Crippen molar-refractivity contribution in [3.63, 3.8) is 0 Å². The van der Waals surface area contributed by atoms with Crippen molar-refractivity contribution < 1.29 is 0 Å². The van der Waals surface area contributed by atoms with Gasteiger partial charge < -0.3 is 0 Å². The Morgan fingerprint density at radius 2 is 0.327 bits per heavy atom. The molecule has 0 aromatic carbocycles. The van der Waals surface area contributed by atoms with Crippen LogP contribution in [0, 0.1) is 0 Å². The summed E-state index contributed by atoms with van der Waals surface area (Å²) in [4.78, 5) is 0. The van der Waals surface area contributed by atoms with Crippen molar-refractivity contribution in [2.45, 2.75) is 0 Å². The second-order valence-electron chi connectivity index (χ2n) is 4.11. The first-order valence-electron chi connectivity index (χ1n) is 9.26. The minimum Gasteiger partial charge on any atom is -0.0988 e. The lowest BCUT2D eigenvalue weighted by molar-refractivity contribution is 2.53. The van der Waals surface area contributed by atoms with Crippen molar-refractivity contribution in [2.24, 2.45) is 0 Å². The van der Waals surface area contributed by atoms with Crippen LogP contribution >= 0.6 is 503 Å². The van der Waals surface area contributed by atoms with E-state index in [1.54, 1.807) is 128 Å². The first-order chi connectivity index (χ1) is 27.1. The predicted octanol–water partition coefficient (Wildman–Crippen LogP) is 32.9. The van der Waals surface area contributed by atoms with Crippen LogP contribution in [0.4, 0.5) is 0 Å². The molecule has 0 aromatic rings. The maximum Gasteiger partial charge on any atom is 0.000468 e. The molecule has 0 aliphatic rings.